The maximum atomic E-state index is 5.82. The average Bonchev–Trinajstić information content (AvgIpc) is 2.18. The van der Waals surface area contributed by atoms with E-state index in [0.717, 1.165) is 11.1 Å². The predicted molar refractivity (Wildman–Crippen MR) is 70.8 cm³/mol. The zero-order chi connectivity index (χ0) is 11.6. The van der Waals surface area contributed by atoms with Crippen molar-refractivity contribution in [3.8, 4) is 0 Å². The first-order chi connectivity index (χ1) is 7.62. The lowest BCUT2D eigenvalue weighted by atomic mass is 9.65. The highest BCUT2D eigenvalue weighted by molar-refractivity contribution is 9.10. The second kappa shape index (κ2) is 4.89. The minimum atomic E-state index is 0.297. The molecule has 2 rings (SSSR count). The van der Waals surface area contributed by atoms with Gasteiger partial charge in [0.25, 0.3) is 0 Å². The van der Waals surface area contributed by atoms with Crippen LogP contribution >= 0.6 is 15.9 Å². The Labute approximate surface area is 106 Å². The van der Waals surface area contributed by atoms with Gasteiger partial charge in [-0.3, -0.25) is 0 Å². The Morgan fingerprint density at radius 1 is 1.25 bits per heavy atom. The van der Waals surface area contributed by atoms with Gasteiger partial charge in [-0.1, -0.05) is 34.5 Å². The molecule has 0 radical (unpaired) electrons. The topological polar surface area (TPSA) is 9.23 Å². The number of benzene rings is 1. The second-order valence-electron chi connectivity index (χ2n) is 5.00. The van der Waals surface area contributed by atoms with Gasteiger partial charge in [0, 0.05) is 9.89 Å². The molecule has 1 aromatic rings. The minimum absolute atomic E-state index is 0.297. The summed E-state index contributed by atoms with van der Waals surface area (Å²) in [6.45, 7) is 5.08. The van der Waals surface area contributed by atoms with Crippen LogP contribution in [0.3, 0.4) is 0 Å². The van der Waals surface area contributed by atoms with Gasteiger partial charge < -0.3 is 4.74 Å². The molecule has 2 heteroatoms. The quantitative estimate of drug-likeness (QED) is 0.800. The van der Waals surface area contributed by atoms with Crippen molar-refractivity contribution < 1.29 is 4.74 Å². The standard InChI is InChI=1S/C14H19BrO/c1-11(2)16-10-14(8-3-9-14)12-4-6-13(15)7-5-12/h4-7,11H,3,8-10H2,1-2H3. The summed E-state index contributed by atoms with van der Waals surface area (Å²) >= 11 is 3.48. The number of rotatable bonds is 4. The lowest BCUT2D eigenvalue weighted by molar-refractivity contribution is 0.00987. The summed E-state index contributed by atoms with van der Waals surface area (Å²) in [5, 5.41) is 0. The fourth-order valence-electron chi connectivity index (χ4n) is 2.25. The van der Waals surface area contributed by atoms with E-state index in [4.69, 9.17) is 4.74 Å². The van der Waals surface area contributed by atoms with E-state index >= 15 is 0 Å². The van der Waals surface area contributed by atoms with Gasteiger partial charge in [0.2, 0.25) is 0 Å². The maximum absolute atomic E-state index is 5.82. The molecule has 0 atom stereocenters. The molecule has 16 heavy (non-hydrogen) atoms. The number of hydrogen-bond donors (Lipinski definition) is 0. The third-order valence-corrected chi connectivity index (χ3v) is 3.99. The Morgan fingerprint density at radius 3 is 2.31 bits per heavy atom. The van der Waals surface area contributed by atoms with Gasteiger partial charge in [0.1, 0.15) is 0 Å². The van der Waals surface area contributed by atoms with Crippen LogP contribution < -0.4 is 0 Å². The van der Waals surface area contributed by atoms with Gasteiger partial charge in [-0.15, -0.1) is 0 Å². The molecule has 0 spiro atoms. The molecule has 0 bridgehead atoms. The summed E-state index contributed by atoms with van der Waals surface area (Å²) in [6.07, 6.45) is 4.19. The summed E-state index contributed by atoms with van der Waals surface area (Å²) in [5.74, 6) is 0. The van der Waals surface area contributed by atoms with Crippen LogP contribution in [0.1, 0.15) is 38.7 Å². The summed E-state index contributed by atoms with van der Waals surface area (Å²) in [6, 6.07) is 8.72. The van der Waals surface area contributed by atoms with Crippen molar-refractivity contribution in [3.05, 3.63) is 34.3 Å². The fourth-order valence-corrected chi connectivity index (χ4v) is 2.51. The first-order valence-corrected chi connectivity index (χ1v) is 6.79. The van der Waals surface area contributed by atoms with Crippen molar-refractivity contribution in [1.29, 1.82) is 0 Å². The zero-order valence-electron chi connectivity index (χ0n) is 10.0. The van der Waals surface area contributed by atoms with Gasteiger partial charge >= 0.3 is 0 Å². The number of hydrogen-bond acceptors (Lipinski definition) is 1. The molecule has 0 N–H and O–H groups in total. The highest BCUT2D eigenvalue weighted by atomic mass is 79.9. The molecule has 0 saturated heterocycles. The largest absolute Gasteiger partial charge is 0.378 e. The van der Waals surface area contributed by atoms with Gasteiger partial charge in [-0.05, 0) is 44.4 Å². The molecule has 0 aliphatic heterocycles. The van der Waals surface area contributed by atoms with Gasteiger partial charge in [-0.25, -0.2) is 0 Å². The maximum Gasteiger partial charge on any atom is 0.0566 e. The van der Waals surface area contributed by atoms with Crippen LogP contribution in [0.25, 0.3) is 0 Å². The molecule has 1 aromatic carbocycles. The Kier molecular flexibility index (Phi) is 3.70. The molecule has 1 saturated carbocycles. The van der Waals surface area contributed by atoms with Crippen molar-refractivity contribution in [3.63, 3.8) is 0 Å². The van der Waals surface area contributed by atoms with E-state index in [1.54, 1.807) is 0 Å². The van der Waals surface area contributed by atoms with Crippen LogP contribution in [0.5, 0.6) is 0 Å². The predicted octanol–water partition coefficient (Wildman–Crippen LogP) is 4.30. The molecule has 0 unspecified atom stereocenters. The smallest absolute Gasteiger partial charge is 0.0566 e. The first-order valence-electron chi connectivity index (χ1n) is 6.00. The molecule has 0 amide bonds. The summed E-state index contributed by atoms with van der Waals surface area (Å²) in [5.41, 5.74) is 1.73. The van der Waals surface area contributed by atoms with Crippen LogP contribution in [0.2, 0.25) is 0 Å². The number of ether oxygens (including phenoxy) is 1. The average molecular weight is 283 g/mol. The van der Waals surface area contributed by atoms with Crippen LogP contribution in [0.4, 0.5) is 0 Å². The van der Waals surface area contributed by atoms with E-state index in [0.29, 0.717) is 11.5 Å². The molecule has 88 valence electrons. The van der Waals surface area contributed by atoms with Crippen molar-refractivity contribution in [2.24, 2.45) is 0 Å². The molecular formula is C14H19BrO. The third kappa shape index (κ3) is 2.49. The molecule has 1 fully saturated rings. The van der Waals surface area contributed by atoms with Crippen LogP contribution in [0.15, 0.2) is 28.7 Å². The van der Waals surface area contributed by atoms with E-state index in [-0.39, 0.29) is 0 Å². The molecule has 0 heterocycles. The second-order valence-corrected chi connectivity index (χ2v) is 5.92. The monoisotopic (exact) mass is 282 g/mol. The minimum Gasteiger partial charge on any atom is -0.378 e. The summed E-state index contributed by atoms with van der Waals surface area (Å²) in [4.78, 5) is 0. The Bertz CT molecular complexity index is 338. The Morgan fingerprint density at radius 2 is 1.88 bits per heavy atom. The van der Waals surface area contributed by atoms with Crippen LogP contribution in [-0.4, -0.2) is 12.7 Å². The third-order valence-electron chi connectivity index (χ3n) is 3.46. The normalized spacial score (nSPS) is 18.5. The van der Waals surface area contributed by atoms with Gasteiger partial charge in [0.15, 0.2) is 0 Å². The van der Waals surface area contributed by atoms with Crippen molar-refractivity contribution >= 4 is 15.9 Å². The van der Waals surface area contributed by atoms with Crippen molar-refractivity contribution in [1.82, 2.24) is 0 Å². The fraction of sp³-hybridized carbons (Fsp3) is 0.571. The molecule has 0 aromatic heterocycles. The summed E-state index contributed by atoms with van der Waals surface area (Å²) in [7, 11) is 0. The molecular weight excluding hydrogens is 264 g/mol. The van der Waals surface area contributed by atoms with Gasteiger partial charge in [-0.2, -0.15) is 0 Å². The lowest BCUT2D eigenvalue weighted by Gasteiger charge is -2.42. The highest BCUT2D eigenvalue weighted by Gasteiger charge is 2.38. The lowest BCUT2D eigenvalue weighted by Crippen LogP contribution is -2.39. The van der Waals surface area contributed by atoms with Gasteiger partial charge in [0.05, 0.1) is 12.7 Å². The van der Waals surface area contributed by atoms with Crippen LogP contribution in [0, 0.1) is 0 Å². The van der Waals surface area contributed by atoms with E-state index in [1.165, 1.54) is 24.8 Å². The highest BCUT2D eigenvalue weighted by Crippen LogP contribution is 2.44. The van der Waals surface area contributed by atoms with E-state index in [9.17, 15) is 0 Å². The Balaban J connectivity index is 2.11. The summed E-state index contributed by atoms with van der Waals surface area (Å²) < 4.78 is 6.97. The molecule has 1 aliphatic carbocycles. The first kappa shape index (κ1) is 12.1. The van der Waals surface area contributed by atoms with Crippen LogP contribution in [-0.2, 0) is 10.2 Å². The van der Waals surface area contributed by atoms with E-state index in [1.807, 2.05) is 0 Å². The molecule has 1 aliphatic rings. The Hall–Kier alpha value is -0.340. The van der Waals surface area contributed by atoms with Crippen molar-refractivity contribution in [2.75, 3.05) is 6.61 Å². The number of halogens is 1. The van der Waals surface area contributed by atoms with Crippen molar-refractivity contribution in [2.45, 2.75) is 44.6 Å². The van der Waals surface area contributed by atoms with E-state index < -0.39 is 0 Å². The molecule has 1 nitrogen and oxygen atoms in total. The van der Waals surface area contributed by atoms with E-state index in [2.05, 4.69) is 54.0 Å². The zero-order valence-corrected chi connectivity index (χ0v) is 11.6. The SMILES string of the molecule is CC(C)OCC1(c2ccc(Br)cc2)CCC1.